The topological polar surface area (TPSA) is 52.6 Å². The number of carbonyl (C=O) groups excluding carboxylic acids is 2. The molecule has 1 atom stereocenters. The molecule has 2 aromatic rings. The first kappa shape index (κ1) is 18.6. The van der Waals surface area contributed by atoms with Crippen LogP contribution in [0.15, 0.2) is 60.7 Å². The Kier molecular flexibility index (Phi) is 7.60. The fourth-order valence-electron chi connectivity index (χ4n) is 2.27. The van der Waals surface area contributed by atoms with Crippen molar-refractivity contribution in [3.8, 4) is 5.75 Å². The number of benzene rings is 2. The Morgan fingerprint density at radius 1 is 1.08 bits per heavy atom. The van der Waals surface area contributed by atoms with Gasteiger partial charge in [0.1, 0.15) is 12.0 Å². The van der Waals surface area contributed by atoms with Crippen molar-refractivity contribution in [1.29, 1.82) is 0 Å². The van der Waals surface area contributed by atoms with Crippen LogP contribution in [0.2, 0.25) is 0 Å². The zero-order valence-corrected chi connectivity index (χ0v) is 14.3. The maximum absolute atomic E-state index is 12.1. The van der Waals surface area contributed by atoms with Crippen molar-refractivity contribution in [1.82, 2.24) is 0 Å². The Hall–Kier alpha value is -2.72. The van der Waals surface area contributed by atoms with E-state index in [-0.39, 0.29) is 5.78 Å². The van der Waals surface area contributed by atoms with Gasteiger partial charge in [-0.2, -0.15) is 0 Å². The molecule has 0 aliphatic carbocycles. The lowest BCUT2D eigenvalue weighted by Crippen LogP contribution is -2.16. The van der Waals surface area contributed by atoms with Gasteiger partial charge in [0.25, 0.3) is 0 Å². The number of ketones is 1. The van der Waals surface area contributed by atoms with E-state index in [1.807, 2.05) is 54.6 Å². The van der Waals surface area contributed by atoms with Crippen LogP contribution < -0.4 is 4.74 Å². The lowest BCUT2D eigenvalue weighted by Gasteiger charge is -2.08. The van der Waals surface area contributed by atoms with Gasteiger partial charge in [-0.25, -0.2) is 0 Å². The molecule has 1 unspecified atom stereocenters. The summed E-state index contributed by atoms with van der Waals surface area (Å²) in [7, 11) is 1.62. The van der Waals surface area contributed by atoms with Crippen LogP contribution >= 0.6 is 0 Å². The fraction of sp³-hybridized carbons (Fsp3) is 0.238. The minimum absolute atomic E-state index is 0.202. The van der Waals surface area contributed by atoms with Crippen LogP contribution in [0.3, 0.4) is 0 Å². The average Bonchev–Trinajstić information content (AvgIpc) is 2.67. The van der Waals surface area contributed by atoms with E-state index < -0.39 is 5.92 Å². The molecule has 0 fully saturated rings. The maximum Gasteiger partial charge on any atom is 0.165 e. The lowest BCUT2D eigenvalue weighted by molar-refractivity contribution is -0.124. The molecule has 0 radical (unpaired) electrons. The zero-order chi connectivity index (χ0) is 17.9. The smallest absolute Gasteiger partial charge is 0.165 e. The van der Waals surface area contributed by atoms with Crippen molar-refractivity contribution in [2.75, 3.05) is 13.7 Å². The van der Waals surface area contributed by atoms with Gasteiger partial charge in [0.15, 0.2) is 5.78 Å². The van der Waals surface area contributed by atoms with Crippen LogP contribution in [0.4, 0.5) is 0 Å². The van der Waals surface area contributed by atoms with Gasteiger partial charge in [0.2, 0.25) is 0 Å². The molecular weight excluding hydrogens is 316 g/mol. The van der Waals surface area contributed by atoms with Gasteiger partial charge >= 0.3 is 0 Å². The summed E-state index contributed by atoms with van der Waals surface area (Å²) in [6.07, 6.45) is 4.24. The number of methoxy groups -OCH3 is 1. The van der Waals surface area contributed by atoms with Crippen molar-refractivity contribution in [2.45, 2.75) is 13.0 Å². The van der Waals surface area contributed by atoms with E-state index in [4.69, 9.17) is 9.47 Å². The molecule has 0 saturated heterocycles. The van der Waals surface area contributed by atoms with E-state index in [0.29, 0.717) is 25.9 Å². The first-order chi connectivity index (χ1) is 12.2. The molecule has 4 heteroatoms. The maximum atomic E-state index is 12.1. The SMILES string of the molecule is COc1ccc(COCCC(C=O)C(=O)/C=C/c2ccccc2)cc1. The summed E-state index contributed by atoms with van der Waals surface area (Å²) in [5.41, 5.74) is 1.94. The average molecular weight is 338 g/mol. The summed E-state index contributed by atoms with van der Waals surface area (Å²) < 4.78 is 10.7. The second-order valence-electron chi connectivity index (χ2n) is 5.58. The molecule has 0 aromatic heterocycles. The number of ether oxygens (including phenoxy) is 2. The van der Waals surface area contributed by atoms with Crippen LogP contribution in [0.25, 0.3) is 6.08 Å². The number of aldehydes is 1. The van der Waals surface area contributed by atoms with Crippen LogP contribution in [0.5, 0.6) is 5.75 Å². The van der Waals surface area contributed by atoms with Crippen LogP contribution in [-0.2, 0) is 20.9 Å². The highest BCUT2D eigenvalue weighted by atomic mass is 16.5. The Bertz CT molecular complexity index is 690. The molecule has 0 bridgehead atoms. The summed E-state index contributed by atoms with van der Waals surface area (Å²) in [5, 5.41) is 0. The van der Waals surface area contributed by atoms with Crippen molar-refractivity contribution in [2.24, 2.45) is 5.92 Å². The van der Waals surface area contributed by atoms with Gasteiger partial charge < -0.3 is 14.3 Å². The Balaban J connectivity index is 1.76. The molecule has 0 aliphatic heterocycles. The number of rotatable bonds is 10. The van der Waals surface area contributed by atoms with Gasteiger partial charge in [0.05, 0.1) is 19.6 Å². The highest BCUT2D eigenvalue weighted by Gasteiger charge is 2.14. The Morgan fingerprint density at radius 3 is 2.44 bits per heavy atom. The molecule has 0 N–H and O–H groups in total. The third kappa shape index (κ3) is 6.36. The normalized spacial score (nSPS) is 12.0. The number of carbonyl (C=O) groups is 2. The summed E-state index contributed by atoms with van der Waals surface area (Å²) in [6.45, 7) is 0.782. The predicted octanol–water partition coefficient (Wildman–Crippen LogP) is 3.70. The first-order valence-corrected chi connectivity index (χ1v) is 8.16. The molecule has 4 nitrogen and oxygen atoms in total. The van der Waals surface area contributed by atoms with Gasteiger partial charge in [-0.15, -0.1) is 0 Å². The molecule has 0 saturated carbocycles. The Morgan fingerprint density at radius 2 is 1.80 bits per heavy atom. The minimum atomic E-state index is -0.671. The van der Waals surface area contributed by atoms with E-state index in [2.05, 4.69) is 0 Å². The monoisotopic (exact) mass is 338 g/mol. The van der Waals surface area contributed by atoms with E-state index in [0.717, 1.165) is 16.9 Å². The van der Waals surface area contributed by atoms with Crippen LogP contribution in [0.1, 0.15) is 17.5 Å². The van der Waals surface area contributed by atoms with Gasteiger partial charge in [0, 0.05) is 6.61 Å². The van der Waals surface area contributed by atoms with E-state index in [1.165, 1.54) is 6.08 Å². The van der Waals surface area contributed by atoms with Gasteiger partial charge in [-0.05, 0) is 35.8 Å². The molecular formula is C21H22O4. The number of allylic oxidation sites excluding steroid dienone is 1. The molecule has 0 aliphatic rings. The lowest BCUT2D eigenvalue weighted by atomic mass is 10.0. The first-order valence-electron chi connectivity index (χ1n) is 8.16. The van der Waals surface area contributed by atoms with Gasteiger partial charge in [-0.1, -0.05) is 48.5 Å². The second kappa shape index (κ2) is 10.2. The minimum Gasteiger partial charge on any atom is -0.497 e. The summed E-state index contributed by atoms with van der Waals surface area (Å²) >= 11 is 0. The standard InChI is InChI=1S/C21H22O4/c1-24-20-10-7-18(8-11-20)16-25-14-13-19(15-22)21(23)12-9-17-5-3-2-4-6-17/h2-12,15,19H,13-14,16H2,1H3/b12-9+. The summed E-state index contributed by atoms with van der Waals surface area (Å²) in [5.74, 6) is -0.0803. The van der Waals surface area contributed by atoms with E-state index >= 15 is 0 Å². The van der Waals surface area contributed by atoms with Crippen molar-refractivity contribution < 1.29 is 19.1 Å². The fourth-order valence-corrected chi connectivity index (χ4v) is 2.27. The number of hydrogen-bond donors (Lipinski definition) is 0. The van der Waals surface area contributed by atoms with Crippen LogP contribution in [-0.4, -0.2) is 25.8 Å². The predicted molar refractivity (Wildman–Crippen MR) is 97.3 cm³/mol. The molecule has 0 heterocycles. The van der Waals surface area contributed by atoms with E-state index in [9.17, 15) is 9.59 Å². The van der Waals surface area contributed by atoms with Crippen molar-refractivity contribution in [3.05, 3.63) is 71.8 Å². The Labute approximate surface area is 148 Å². The largest absolute Gasteiger partial charge is 0.497 e. The molecule has 130 valence electrons. The highest BCUT2D eigenvalue weighted by Crippen LogP contribution is 2.12. The van der Waals surface area contributed by atoms with E-state index in [1.54, 1.807) is 13.2 Å². The van der Waals surface area contributed by atoms with Crippen molar-refractivity contribution in [3.63, 3.8) is 0 Å². The molecule has 25 heavy (non-hydrogen) atoms. The van der Waals surface area contributed by atoms with Crippen molar-refractivity contribution >= 4 is 18.1 Å². The zero-order valence-electron chi connectivity index (χ0n) is 14.3. The molecule has 2 aromatic carbocycles. The van der Waals surface area contributed by atoms with Gasteiger partial charge in [-0.3, -0.25) is 4.79 Å². The third-order valence-electron chi connectivity index (χ3n) is 3.77. The third-order valence-corrected chi connectivity index (χ3v) is 3.77. The summed E-state index contributed by atoms with van der Waals surface area (Å²) in [4.78, 5) is 23.3. The highest BCUT2D eigenvalue weighted by molar-refractivity contribution is 6.03. The molecule has 2 rings (SSSR count). The molecule has 0 spiro atoms. The molecule has 0 amide bonds. The quantitative estimate of drug-likeness (QED) is 0.287. The summed E-state index contributed by atoms with van der Waals surface area (Å²) in [6, 6.07) is 17.1. The van der Waals surface area contributed by atoms with Crippen LogP contribution in [0, 0.1) is 5.92 Å². The second-order valence-corrected chi connectivity index (χ2v) is 5.58. The number of hydrogen-bond acceptors (Lipinski definition) is 4.